The number of carbonyl (C=O) groups is 1. The average Bonchev–Trinajstić information content (AvgIpc) is 3.19. The largest absolute Gasteiger partial charge is 0.444 e. The van der Waals surface area contributed by atoms with Gasteiger partial charge in [0.1, 0.15) is 17.3 Å². The lowest BCUT2D eigenvalue weighted by Crippen LogP contribution is -2.50. The van der Waals surface area contributed by atoms with E-state index in [-0.39, 0.29) is 43.5 Å². The molecule has 1 amide bonds. The lowest BCUT2D eigenvalue weighted by Gasteiger charge is -2.38. The smallest absolute Gasteiger partial charge is 0.416 e. The van der Waals surface area contributed by atoms with Crippen LogP contribution in [0.4, 0.5) is 18.0 Å². The van der Waals surface area contributed by atoms with Gasteiger partial charge in [-0.1, -0.05) is 0 Å². The summed E-state index contributed by atoms with van der Waals surface area (Å²) in [7, 11) is 0. The molecule has 3 heterocycles. The SMILES string of the molecule is CC(C)(C)OC(=O)N1CCC(O)(Cn2cnc3c(cnn3-c3ccc(C(F)(F)F)cc3)c2=O)CC1. The summed E-state index contributed by atoms with van der Waals surface area (Å²) in [6, 6.07) is 4.37. The van der Waals surface area contributed by atoms with E-state index < -0.39 is 34.6 Å². The van der Waals surface area contributed by atoms with Crippen molar-refractivity contribution in [1.82, 2.24) is 24.2 Å². The van der Waals surface area contributed by atoms with Gasteiger partial charge < -0.3 is 14.7 Å². The number of fused-ring (bicyclic) bond motifs is 1. The molecule has 0 bridgehead atoms. The summed E-state index contributed by atoms with van der Waals surface area (Å²) in [5.41, 5.74) is -2.55. The van der Waals surface area contributed by atoms with Crippen molar-refractivity contribution in [2.75, 3.05) is 13.1 Å². The number of benzene rings is 1. The maximum atomic E-state index is 13.0. The van der Waals surface area contributed by atoms with Crippen LogP contribution in [-0.2, 0) is 17.5 Å². The number of aromatic nitrogens is 4. The molecule has 1 N–H and O–H groups in total. The number of halogens is 3. The van der Waals surface area contributed by atoms with E-state index in [1.165, 1.54) is 38.8 Å². The second kappa shape index (κ2) is 8.67. The van der Waals surface area contributed by atoms with Crippen molar-refractivity contribution in [2.24, 2.45) is 0 Å². The van der Waals surface area contributed by atoms with Gasteiger partial charge in [0.05, 0.1) is 29.6 Å². The Morgan fingerprint density at radius 2 is 1.77 bits per heavy atom. The van der Waals surface area contributed by atoms with Crippen molar-refractivity contribution in [2.45, 2.75) is 57.5 Å². The molecule has 12 heteroatoms. The Morgan fingerprint density at radius 1 is 1.14 bits per heavy atom. The molecule has 9 nitrogen and oxygen atoms in total. The van der Waals surface area contributed by atoms with E-state index in [9.17, 15) is 27.9 Å². The fourth-order valence-electron chi connectivity index (χ4n) is 3.95. The molecular formula is C23H26F3N5O4. The molecule has 1 aromatic carbocycles. The molecule has 1 saturated heterocycles. The minimum atomic E-state index is -4.46. The standard InChI is InChI=1S/C23H26F3N5O4/c1-21(2,3)35-20(33)29-10-8-22(34,9-11-29)13-30-14-27-18-17(19(30)32)12-28-31(18)16-6-4-15(5-7-16)23(24,25)26/h4-7,12,14,34H,8-11,13H2,1-3H3. The lowest BCUT2D eigenvalue weighted by molar-refractivity contribution is -0.137. The number of carbonyl (C=O) groups excluding carboxylic acids is 1. The normalized spacial score (nSPS) is 16.5. The Labute approximate surface area is 198 Å². The van der Waals surface area contributed by atoms with E-state index in [0.29, 0.717) is 5.69 Å². The monoisotopic (exact) mass is 493 g/mol. The Hall–Kier alpha value is -3.41. The van der Waals surface area contributed by atoms with Gasteiger partial charge in [-0.25, -0.2) is 14.5 Å². The zero-order valence-electron chi connectivity index (χ0n) is 19.5. The van der Waals surface area contributed by atoms with E-state index in [4.69, 9.17) is 4.74 Å². The molecule has 35 heavy (non-hydrogen) atoms. The van der Waals surface area contributed by atoms with Gasteiger partial charge in [-0.3, -0.25) is 9.36 Å². The number of hydrogen-bond donors (Lipinski definition) is 1. The van der Waals surface area contributed by atoms with Crippen molar-refractivity contribution >= 4 is 17.1 Å². The molecule has 0 saturated carbocycles. The number of ether oxygens (including phenoxy) is 1. The molecule has 188 valence electrons. The van der Waals surface area contributed by atoms with Gasteiger partial charge in [0.15, 0.2) is 5.65 Å². The Balaban J connectivity index is 1.50. The number of aliphatic hydroxyl groups is 1. The van der Waals surface area contributed by atoms with Gasteiger partial charge in [-0.15, -0.1) is 0 Å². The Morgan fingerprint density at radius 3 is 2.34 bits per heavy atom. The third kappa shape index (κ3) is 5.31. The highest BCUT2D eigenvalue weighted by molar-refractivity contribution is 5.75. The van der Waals surface area contributed by atoms with Crippen LogP contribution in [0.2, 0.25) is 0 Å². The second-order valence-electron chi connectivity index (χ2n) is 9.71. The van der Waals surface area contributed by atoms with Gasteiger partial charge in [-0.05, 0) is 57.9 Å². The zero-order chi connectivity index (χ0) is 25.6. The first-order valence-electron chi connectivity index (χ1n) is 11.1. The van der Waals surface area contributed by atoms with Gasteiger partial charge in [-0.2, -0.15) is 18.3 Å². The van der Waals surface area contributed by atoms with Crippen LogP contribution in [-0.4, -0.2) is 59.7 Å². The summed E-state index contributed by atoms with van der Waals surface area (Å²) in [6.45, 7) is 5.87. The van der Waals surface area contributed by atoms with Gasteiger partial charge in [0, 0.05) is 13.1 Å². The molecule has 0 spiro atoms. The van der Waals surface area contributed by atoms with E-state index in [1.54, 1.807) is 20.8 Å². The summed E-state index contributed by atoms with van der Waals surface area (Å²) < 4.78 is 46.4. The van der Waals surface area contributed by atoms with Crippen LogP contribution in [0.25, 0.3) is 16.7 Å². The van der Waals surface area contributed by atoms with Gasteiger partial charge >= 0.3 is 12.3 Å². The van der Waals surface area contributed by atoms with Crippen LogP contribution in [0.15, 0.2) is 41.6 Å². The zero-order valence-corrected chi connectivity index (χ0v) is 19.5. The fourth-order valence-corrected chi connectivity index (χ4v) is 3.95. The van der Waals surface area contributed by atoms with Crippen molar-refractivity contribution in [1.29, 1.82) is 0 Å². The number of likely N-dealkylation sites (tertiary alicyclic amines) is 1. The summed E-state index contributed by atoms with van der Waals surface area (Å²) in [4.78, 5) is 31.1. The molecule has 3 aromatic rings. The molecule has 1 fully saturated rings. The minimum Gasteiger partial charge on any atom is -0.444 e. The van der Waals surface area contributed by atoms with Gasteiger partial charge in [0.2, 0.25) is 0 Å². The molecule has 0 unspecified atom stereocenters. The van der Waals surface area contributed by atoms with E-state index >= 15 is 0 Å². The van der Waals surface area contributed by atoms with E-state index in [0.717, 1.165) is 12.1 Å². The number of rotatable bonds is 3. The Bertz CT molecular complexity index is 1280. The fraction of sp³-hybridized carbons (Fsp3) is 0.478. The van der Waals surface area contributed by atoms with Crippen LogP contribution in [0, 0.1) is 0 Å². The van der Waals surface area contributed by atoms with Crippen LogP contribution in [0.3, 0.4) is 0 Å². The second-order valence-corrected chi connectivity index (χ2v) is 9.71. The number of alkyl halides is 3. The van der Waals surface area contributed by atoms with Crippen molar-refractivity contribution < 1.29 is 27.8 Å². The lowest BCUT2D eigenvalue weighted by atomic mass is 9.91. The van der Waals surface area contributed by atoms with Crippen molar-refractivity contribution in [3.63, 3.8) is 0 Å². The maximum absolute atomic E-state index is 13.0. The first kappa shape index (κ1) is 24.7. The maximum Gasteiger partial charge on any atom is 0.416 e. The molecule has 1 aliphatic rings. The highest BCUT2D eigenvalue weighted by atomic mass is 19.4. The first-order chi connectivity index (χ1) is 16.3. The quantitative estimate of drug-likeness (QED) is 0.600. The molecule has 0 radical (unpaired) electrons. The highest BCUT2D eigenvalue weighted by Crippen LogP contribution is 2.30. The molecule has 0 aliphatic carbocycles. The van der Waals surface area contributed by atoms with Crippen molar-refractivity contribution in [3.05, 3.63) is 52.7 Å². The van der Waals surface area contributed by atoms with Crippen LogP contribution >= 0.6 is 0 Å². The highest BCUT2D eigenvalue weighted by Gasteiger charge is 2.36. The Kier molecular flexibility index (Phi) is 6.12. The third-order valence-electron chi connectivity index (χ3n) is 5.80. The van der Waals surface area contributed by atoms with E-state index in [2.05, 4.69) is 10.1 Å². The average molecular weight is 493 g/mol. The van der Waals surface area contributed by atoms with Crippen LogP contribution in [0.1, 0.15) is 39.2 Å². The minimum absolute atomic E-state index is 0.0254. The topological polar surface area (TPSA) is 102 Å². The number of piperidine rings is 1. The summed E-state index contributed by atoms with van der Waals surface area (Å²) in [5, 5.41) is 15.3. The molecule has 1 aliphatic heterocycles. The molecule has 4 rings (SSSR count). The summed E-state index contributed by atoms with van der Waals surface area (Å²) >= 11 is 0. The van der Waals surface area contributed by atoms with Crippen LogP contribution in [0.5, 0.6) is 0 Å². The number of hydrogen-bond acceptors (Lipinski definition) is 6. The predicted octanol–water partition coefficient (Wildman–Crippen LogP) is 3.36. The summed E-state index contributed by atoms with van der Waals surface area (Å²) in [6.07, 6.45) is -1.82. The number of amides is 1. The van der Waals surface area contributed by atoms with Crippen molar-refractivity contribution in [3.8, 4) is 5.69 Å². The number of nitrogens with zero attached hydrogens (tertiary/aromatic N) is 5. The third-order valence-corrected chi connectivity index (χ3v) is 5.80. The van der Waals surface area contributed by atoms with Gasteiger partial charge in [0.25, 0.3) is 5.56 Å². The predicted molar refractivity (Wildman–Crippen MR) is 120 cm³/mol. The van der Waals surface area contributed by atoms with E-state index in [1.807, 2.05) is 0 Å². The molecular weight excluding hydrogens is 467 g/mol. The van der Waals surface area contributed by atoms with Crippen LogP contribution < -0.4 is 5.56 Å². The first-order valence-corrected chi connectivity index (χ1v) is 11.1. The molecule has 0 atom stereocenters. The molecule has 2 aromatic heterocycles. The summed E-state index contributed by atoms with van der Waals surface area (Å²) in [5.74, 6) is 0.